The first kappa shape index (κ1) is 13.8. The Morgan fingerprint density at radius 3 is 2.38 bits per heavy atom. The summed E-state index contributed by atoms with van der Waals surface area (Å²) in [7, 11) is 0. The Hall–Kier alpha value is -2.13. The van der Waals surface area contributed by atoms with Crippen LogP contribution in [0.3, 0.4) is 0 Å². The molecule has 0 aliphatic carbocycles. The summed E-state index contributed by atoms with van der Waals surface area (Å²) in [5, 5.41) is 2.98. The van der Waals surface area contributed by atoms with Gasteiger partial charge in [0.1, 0.15) is 6.04 Å². The van der Waals surface area contributed by atoms with Crippen LogP contribution in [-0.4, -0.2) is 30.4 Å². The van der Waals surface area contributed by atoms with E-state index in [4.69, 9.17) is 0 Å². The first-order chi connectivity index (χ1) is 10.3. The number of nitrogens with zero attached hydrogens (tertiary/aromatic N) is 1. The van der Waals surface area contributed by atoms with Gasteiger partial charge in [0.25, 0.3) is 0 Å². The molecule has 0 aromatic heterocycles. The van der Waals surface area contributed by atoms with Gasteiger partial charge in [-0.15, -0.1) is 0 Å². The monoisotopic (exact) mass is 280 g/mol. The summed E-state index contributed by atoms with van der Waals surface area (Å²) in [5.74, 6) is 0.112. The Morgan fingerprint density at radius 2 is 1.67 bits per heavy atom. The molecule has 0 radical (unpaired) electrons. The van der Waals surface area contributed by atoms with Crippen molar-refractivity contribution in [2.75, 3.05) is 19.6 Å². The van der Waals surface area contributed by atoms with Crippen LogP contribution in [0, 0.1) is 0 Å². The molecule has 21 heavy (non-hydrogen) atoms. The van der Waals surface area contributed by atoms with Crippen LogP contribution in [0.1, 0.15) is 17.2 Å². The first-order valence-electron chi connectivity index (χ1n) is 7.45. The smallest absolute Gasteiger partial charge is 0.242 e. The molecule has 1 amide bonds. The Morgan fingerprint density at radius 1 is 1.00 bits per heavy atom. The molecule has 108 valence electrons. The van der Waals surface area contributed by atoms with Crippen LogP contribution in [0.15, 0.2) is 60.7 Å². The molecule has 2 aromatic carbocycles. The van der Waals surface area contributed by atoms with Gasteiger partial charge in [-0.3, -0.25) is 9.69 Å². The maximum atomic E-state index is 12.3. The van der Waals surface area contributed by atoms with Gasteiger partial charge < -0.3 is 5.32 Å². The Balaban J connectivity index is 1.74. The van der Waals surface area contributed by atoms with Gasteiger partial charge in [-0.1, -0.05) is 60.7 Å². The highest BCUT2D eigenvalue weighted by atomic mass is 16.2. The van der Waals surface area contributed by atoms with Crippen LogP contribution < -0.4 is 5.32 Å². The molecule has 0 bridgehead atoms. The van der Waals surface area contributed by atoms with E-state index in [0.717, 1.165) is 31.6 Å². The predicted octanol–water partition coefficient (Wildman–Crippen LogP) is 2.40. The van der Waals surface area contributed by atoms with E-state index >= 15 is 0 Å². The average Bonchev–Trinajstić information content (AvgIpc) is 2.55. The van der Waals surface area contributed by atoms with Crippen molar-refractivity contribution in [1.82, 2.24) is 10.2 Å². The second-order valence-corrected chi connectivity index (χ2v) is 5.38. The summed E-state index contributed by atoms with van der Waals surface area (Å²) < 4.78 is 0. The van der Waals surface area contributed by atoms with Crippen molar-refractivity contribution in [1.29, 1.82) is 0 Å². The molecule has 1 aliphatic heterocycles. The Kier molecular flexibility index (Phi) is 4.31. The summed E-state index contributed by atoms with van der Waals surface area (Å²) in [6, 6.07) is 20.3. The lowest BCUT2D eigenvalue weighted by Gasteiger charge is -2.35. The number of benzene rings is 2. The molecule has 1 aliphatic rings. The molecule has 1 atom stereocenters. The molecule has 3 rings (SSSR count). The summed E-state index contributed by atoms with van der Waals surface area (Å²) in [5.41, 5.74) is 2.39. The van der Waals surface area contributed by atoms with Crippen molar-refractivity contribution in [2.45, 2.75) is 12.5 Å². The molecular formula is C18H20N2O. The molecule has 1 saturated heterocycles. The maximum absolute atomic E-state index is 12.3. The van der Waals surface area contributed by atoms with Gasteiger partial charge >= 0.3 is 0 Å². The van der Waals surface area contributed by atoms with Crippen molar-refractivity contribution in [3.8, 4) is 0 Å². The minimum Gasteiger partial charge on any atom is -0.353 e. The third-order valence-corrected chi connectivity index (χ3v) is 3.96. The summed E-state index contributed by atoms with van der Waals surface area (Å²) in [6.45, 7) is 2.53. The largest absolute Gasteiger partial charge is 0.353 e. The highest BCUT2D eigenvalue weighted by molar-refractivity contribution is 5.83. The van der Waals surface area contributed by atoms with E-state index in [0.29, 0.717) is 0 Å². The third-order valence-electron chi connectivity index (χ3n) is 3.96. The van der Waals surface area contributed by atoms with E-state index in [1.54, 1.807) is 0 Å². The van der Waals surface area contributed by atoms with E-state index in [1.165, 1.54) is 5.56 Å². The van der Waals surface area contributed by atoms with Crippen molar-refractivity contribution in [3.05, 3.63) is 71.8 Å². The third kappa shape index (κ3) is 3.31. The summed E-state index contributed by atoms with van der Waals surface area (Å²) >= 11 is 0. The molecule has 3 heteroatoms. The number of hydrogen-bond donors (Lipinski definition) is 1. The van der Waals surface area contributed by atoms with E-state index in [9.17, 15) is 4.79 Å². The Bertz CT molecular complexity index is 583. The average molecular weight is 280 g/mol. The fraction of sp³-hybridized carbons (Fsp3) is 0.278. The SMILES string of the molecule is O=C1NCCN(CCc2ccccc2)[C@H]1c1ccccc1. The lowest BCUT2D eigenvalue weighted by Crippen LogP contribution is -2.50. The number of hydrogen-bond acceptors (Lipinski definition) is 2. The molecule has 0 spiro atoms. The van der Waals surface area contributed by atoms with Crippen molar-refractivity contribution in [3.63, 3.8) is 0 Å². The lowest BCUT2D eigenvalue weighted by atomic mass is 10.0. The van der Waals surface area contributed by atoms with E-state index in [1.807, 2.05) is 36.4 Å². The van der Waals surface area contributed by atoms with Gasteiger partial charge in [0.2, 0.25) is 5.91 Å². The zero-order valence-corrected chi connectivity index (χ0v) is 12.0. The standard InChI is InChI=1S/C18H20N2O/c21-18-17(16-9-5-2-6-10-16)20(14-12-19-18)13-11-15-7-3-1-4-8-15/h1-10,17H,11-14H2,(H,19,21)/t17-/m0/s1. The van der Waals surface area contributed by atoms with Crippen LogP contribution in [-0.2, 0) is 11.2 Å². The highest BCUT2D eigenvalue weighted by Gasteiger charge is 2.30. The molecule has 0 unspecified atom stereocenters. The van der Waals surface area contributed by atoms with Crippen molar-refractivity contribution in [2.24, 2.45) is 0 Å². The zero-order valence-electron chi connectivity index (χ0n) is 12.0. The van der Waals surface area contributed by atoms with Crippen LogP contribution in [0.5, 0.6) is 0 Å². The molecule has 2 aromatic rings. The summed E-state index contributed by atoms with van der Waals surface area (Å²) in [6.07, 6.45) is 0.970. The number of nitrogens with one attached hydrogen (secondary N) is 1. The van der Waals surface area contributed by atoms with Gasteiger partial charge in [0.05, 0.1) is 0 Å². The second-order valence-electron chi connectivity index (χ2n) is 5.38. The van der Waals surface area contributed by atoms with E-state index in [-0.39, 0.29) is 11.9 Å². The van der Waals surface area contributed by atoms with Gasteiger partial charge in [0, 0.05) is 19.6 Å². The minimum absolute atomic E-state index is 0.112. The number of carbonyl (C=O) groups excluding carboxylic acids is 1. The number of piperazine rings is 1. The van der Waals surface area contributed by atoms with Crippen LogP contribution in [0.4, 0.5) is 0 Å². The van der Waals surface area contributed by atoms with Crippen molar-refractivity contribution >= 4 is 5.91 Å². The van der Waals surface area contributed by atoms with Crippen LogP contribution in [0.2, 0.25) is 0 Å². The van der Waals surface area contributed by atoms with Crippen LogP contribution >= 0.6 is 0 Å². The van der Waals surface area contributed by atoms with Gasteiger partial charge in [-0.05, 0) is 17.5 Å². The van der Waals surface area contributed by atoms with Crippen LogP contribution in [0.25, 0.3) is 0 Å². The summed E-state index contributed by atoms with van der Waals surface area (Å²) in [4.78, 5) is 14.5. The molecular weight excluding hydrogens is 260 g/mol. The van der Waals surface area contributed by atoms with Gasteiger partial charge in [0.15, 0.2) is 0 Å². The Labute approximate surface area is 125 Å². The number of carbonyl (C=O) groups is 1. The molecule has 1 N–H and O–H groups in total. The minimum atomic E-state index is -0.163. The molecule has 1 heterocycles. The lowest BCUT2D eigenvalue weighted by molar-refractivity contribution is -0.129. The van der Waals surface area contributed by atoms with Crippen molar-refractivity contribution < 1.29 is 4.79 Å². The fourth-order valence-corrected chi connectivity index (χ4v) is 2.87. The second kappa shape index (κ2) is 6.55. The zero-order chi connectivity index (χ0) is 14.5. The van der Waals surface area contributed by atoms with Gasteiger partial charge in [-0.25, -0.2) is 0 Å². The van der Waals surface area contributed by atoms with E-state index < -0.39 is 0 Å². The van der Waals surface area contributed by atoms with E-state index in [2.05, 4.69) is 34.5 Å². The first-order valence-corrected chi connectivity index (χ1v) is 7.45. The molecule has 0 saturated carbocycles. The predicted molar refractivity (Wildman–Crippen MR) is 83.9 cm³/mol. The van der Waals surface area contributed by atoms with Gasteiger partial charge in [-0.2, -0.15) is 0 Å². The molecule has 3 nitrogen and oxygen atoms in total. The number of amides is 1. The topological polar surface area (TPSA) is 32.3 Å². The molecule has 1 fully saturated rings. The highest BCUT2D eigenvalue weighted by Crippen LogP contribution is 2.23. The maximum Gasteiger partial charge on any atom is 0.242 e. The quantitative estimate of drug-likeness (QED) is 0.932. The normalized spacial score (nSPS) is 19.2. The fourth-order valence-electron chi connectivity index (χ4n) is 2.87. The number of rotatable bonds is 4.